The highest BCUT2D eigenvalue weighted by molar-refractivity contribution is 7.26. The number of fused-ring (bicyclic) bond motifs is 8. The maximum atomic E-state index is 2.74. The molecule has 0 atom stereocenters. The van der Waals surface area contributed by atoms with Gasteiger partial charge in [-0.2, -0.15) is 0 Å². The second-order valence-electron chi connectivity index (χ2n) is 23.3. The molecule has 1 aliphatic carbocycles. The molecule has 0 fully saturated rings. The molecule has 2 aliphatic heterocycles. The lowest BCUT2D eigenvalue weighted by Gasteiger charge is -2.48. The van der Waals surface area contributed by atoms with Crippen molar-refractivity contribution in [1.29, 1.82) is 0 Å². The topological polar surface area (TPSA) is 6.48 Å². The van der Waals surface area contributed by atoms with Crippen molar-refractivity contribution >= 4 is 77.7 Å². The molecule has 68 heavy (non-hydrogen) atoms. The summed E-state index contributed by atoms with van der Waals surface area (Å²) in [5.41, 5.74) is 22.1. The number of thiophene rings is 1. The largest absolute Gasteiger partial charge is 0.376 e. The van der Waals surface area contributed by atoms with E-state index in [1.165, 1.54) is 115 Å². The first kappa shape index (κ1) is 43.0. The van der Waals surface area contributed by atoms with Crippen LogP contribution in [0.2, 0.25) is 0 Å². The maximum absolute atomic E-state index is 2.74. The molecule has 1 aromatic heterocycles. The van der Waals surface area contributed by atoms with Crippen molar-refractivity contribution in [3.8, 4) is 33.4 Å². The van der Waals surface area contributed by atoms with E-state index >= 15 is 0 Å². The van der Waals surface area contributed by atoms with Crippen molar-refractivity contribution in [3.63, 3.8) is 0 Å². The molecule has 3 heterocycles. The number of nitrogens with zero attached hydrogens (tertiary/aromatic N) is 2. The van der Waals surface area contributed by atoms with E-state index in [2.05, 4.69) is 243 Å². The molecule has 8 aromatic carbocycles. The zero-order valence-corrected chi connectivity index (χ0v) is 42.2. The van der Waals surface area contributed by atoms with Crippen LogP contribution in [0.15, 0.2) is 164 Å². The molecule has 12 rings (SSSR count). The molecule has 0 saturated heterocycles. The SMILES string of the molecule is CC(C)(C)c1ccc(N2B3c4cc5c(cc4N(c4ccc(C(C)(C)C)cc4-c4ccccc4)c4cc(-c6ccccc6)cc(c43)-c3cc4c(cc32)C(C)(C)CCC4(C)C)sc2ccccc25)cc1. The van der Waals surface area contributed by atoms with Gasteiger partial charge in [-0.05, 0) is 151 Å². The molecule has 2 nitrogen and oxygen atoms in total. The lowest BCUT2D eigenvalue weighted by Crippen LogP contribution is -2.61. The van der Waals surface area contributed by atoms with Crippen LogP contribution in [-0.2, 0) is 21.7 Å². The Kier molecular flexibility index (Phi) is 9.52. The Morgan fingerprint density at radius 2 is 1.07 bits per heavy atom. The molecular formula is C64H61BN2S. The van der Waals surface area contributed by atoms with Crippen LogP contribution in [0.3, 0.4) is 0 Å². The average Bonchev–Trinajstić information content (AvgIpc) is 3.69. The fourth-order valence-corrected chi connectivity index (χ4v) is 12.9. The number of rotatable bonds is 4. The monoisotopic (exact) mass is 900 g/mol. The minimum atomic E-state index is -0.112. The van der Waals surface area contributed by atoms with Gasteiger partial charge in [0.2, 0.25) is 0 Å². The molecule has 0 unspecified atom stereocenters. The Morgan fingerprint density at radius 1 is 0.456 bits per heavy atom. The fourth-order valence-electron chi connectivity index (χ4n) is 11.7. The number of anilines is 5. The van der Waals surface area contributed by atoms with Crippen molar-refractivity contribution in [2.75, 3.05) is 9.71 Å². The van der Waals surface area contributed by atoms with Crippen LogP contribution in [0, 0.1) is 0 Å². The Morgan fingerprint density at radius 3 is 1.75 bits per heavy atom. The molecule has 0 N–H and O–H groups in total. The molecular weight excluding hydrogens is 840 g/mol. The Labute approximate surface area is 408 Å². The van der Waals surface area contributed by atoms with Gasteiger partial charge >= 0.3 is 6.85 Å². The molecule has 9 aromatic rings. The Hall–Kier alpha value is -6.36. The van der Waals surface area contributed by atoms with Crippen LogP contribution in [0.1, 0.15) is 104 Å². The van der Waals surface area contributed by atoms with E-state index < -0.39 is 0 Å². The summed E-state index contributed by atoms with van der Waals surface area (Å²) < 4.78 is 2.63. The first-order valence-corrected chi connectivity index (χ1v) is 25.6. The molecule has 0 amide bonds. The lowest BCUT2D eigenvalue weighted by molar-refractivity contribution is 0.332. The first-order chi connectivity index (χ1) is 32.5. The number of benzene rings is 8. The van der Waals surface area contributed by atoms with Gasteiger partial charge in [0.05, 0.1) is 5.69 Å². The van der Waals surface area contributed by atoms with E-state index in [9.17, 15) is 0 Å². The molecule has 3 aliphatic rings. The van der Waals surface area contributed by atoms with Crippen molar-refractivity contribution < 1.29 is 0 Å². The predicted octanol–water partition coefficient (Wildman–Crippen LogP) is 17.0. The highest BCUT2D eigenvalue weighted by Crippen LogP contribution is 2.55. The molecule has 4 heteroatoms. The summed E-state index contributed by atoms with van der Waals surface area (Å²) in [7, 11) is 0. The summed E-state index contributed by atoms with van der Waals surface area (Å²) in [6.07, 6.45) is 2.32. The van der Waals surface area contributed by atoms with Crippen molar-refractivity contribution in [2.24, 2.45) is 0 Å². The normalized spacial score (nSPS) is 15.8. The van der Waals surface area contributed by atoms with E-state index in [1.807, 2.05) is 11.3 Å². The maximum Gasteiger partial charge on any atom is 0.333 e. The van der Waals surface area contributed by atoms with E-state index in [-0.39, 0.29) is 28.5 Å². The van der Waals surface area contributed by atoms with Gasteiger partial charge in [-0.25, -0.2) is 0 Å². The lowest BCUT2D eigenvalue weighted by atomic mass is 9.43. The summed E-state index contributed by atoms with van der Waals surface area (Å²) in [5.74, 6) is 0. The fraction of sp³-hybridized carbons (Fsp3) is 0.250. The highest BCUT2D eigenvalue weighted by Gasteiger charge is 2.48. The zero-order chi connectivity index (χ0) is 47.1. The first-order valence-electron chi connectivity index (χ1n) is 24.7. The van der Waals surface area contributed by atoms with Crippen LogP contribution >= 0.6 is 11.3 Å². The smallest absolute Gasteiger partial charge is 0.333 e. The van der Waals surface area contributed by atoms with Crippen LogP contribution in [0.25, 0.3) is 53.6 Å². The van der Waals surface area contributed by atoms with E-state index in [0.717, 1.165) is 12.8 Å². The minimum absolute atomic E-state index is 0.0309. The predicted molar refractivity (Wildman–Crippen MR) is 297 cm³/mol. The van der Waals surface area contributed by atoms with Gasteiger partial charge in [0.25, 0.3) is 0 Å². The number of hydrogen-bond donors (Lipinski definition) is 0. The summed E-state index contributed by atoms with van der Waals surface area (Å²) >= 11 is 1.91. The molecule has 0 saturated carbocycles. The quantitative estimate of drug-likeness (QED) is 0.162. The van der Waals surface area contributed by atoms with Crippen LogP contribution in [0.5, 0.6) is 0 Å². The van der Waals surface area contributed by atoms with E-state index in [0.29, 0.717) is 0 Å². The molecule has 0 spiro atoms. The van der Waals surface area contributed by atoms with E-state index in [1.54, 1.807) is 0 Å². The zero-order valence-electron chi connectivity index (χ0n) is 41.4. The summed E-state index contributed by atoms with van der Waals surface area (Å²) in [6, 6.07) is 63.4. The third kappa shape index (κ3) is 6.73. The van der Waals surface area contributed by atoms with Crippen molar-refractivity contribution in [2.45, 2.75) is 104 Å². The van der Waals surface area contributed by atoms with Gasteiger partial charge in [-0.1, -0.05) is 172 Å². The van der Waals surface area contributed by atoms with Gasteiger partial charge in [-0.15, -0.1) is 11.3 Å². The standard InChI is InChI=1S/C64H61BN2S/c1-61(2,3)43-25-28-45(29-26-43)67-55-38-52-51(63(7,8)31-32-64(52,9)10)36-48(55)50-33-42(40-19-13-11-14-20-40)34-57-60(50)65(67)53-37-49-46-23-17-18-24-58(46)68-59(49)39-56(53)66(57)54-30-27-44(62(4,5)6)35-47(54)41-21-15-12-16-22-41/h11-30,33-39H,31-32H2,1-10H3. The molecule has 336 valence electrons. The van der Waals surface area contributed by atoms with Crippen LogP contribution < -0.4 is 20.6 Å². The highest BCUT2D eigenvalue weighted by atomic mass is 32.1. The van der Waals surface area contributed by atoms with Crippen LogP contribution in [-0.4, -0.2) is 6.85 Å². The Balaban J connectivity index is 1.26. The van der Waals surface area contributed by atoms with Gasteiger partial charge < -0.3 is 9.71 Å². The summed E-state index contributed by atoms with van der Waals surface area (Å²) in [5, 5.41) is 2.64. The number of hydrogen-bond acceptors (Lipinski definition) is 3. The summed E-state index contributed by atoms with van der Waals surface area (Å²) in [4.78, 5) is 5.40. The second-order valence-corrected chi connectivity index (χ2v) is 24.3. The third-order valence-corrected chi connectivity index (χ3v) is 17.0. The average molecular weight is 901 g/mol. The van der Waals surface area contributed by atoms with E-state index in [4.69, 9.17) is 0 Å². The molecule has 0 radical (unpaired) electrons. The second kappa shape index (κ2) is 15.1. The third-order valence-electron chi connectivity index (χ3n) is 15.8. The van der Waals surface area contributed by atoms with Gasteiger partial charge in [0, 0.05) is 54.0 Å². The minimum Gasteiger partial charge on any atom is -0.376 e. The van der Waals surface area contributed by atoms with Crippen molar-refractivity contribution in [3.05, 3.63) is 186 Å². The van der Waals surface area contributed by atoms with Gasteiger partial charge in [-0.3, -0.25) is 0 Å². The molecule has 0 bridgehead atoms. The van der Waals surface area contributed by atoms with Gasteiger partial charge in [0.1, 0.15) is 0 Å². The van der Waals surface area contributed by atoms with Gasteiger partial charge in [0.15, 0.2) is 0 Å². The Bertz CT molecular complexity index is 3470. The van der Waals surface area contributed by atoms with Crippen LogP contribution in [0.4, 0.5) is 28.4 Å². The summed E-state index contributed by atoms with van der Waals surface area (Å²) in [6.45, 7) is 23.7. The van der Waals surface area contributed by atoms with Crippen molar-refractivity contribution in [1.82, 2.24) is 0 Å².